The van der Waals surface area contributed by atoms with E-state index in [1.165, 1.54) is 28.6 Å². The van der Waals surface area contributed by atoms with E-state index in [4.69, 9.17) is 16.3 Å². The maximum atomic E-state index is 13.0. The van der Waals surface area contributed by atoms with E-state index in [9.17, 15) is 13.2 Å². The number of sulfonamides is 1. The lowest BCUT2D eigenvalue weighted by Crippen LogP contribution is -2.46. The number of amides is 1. The van der Waals surface area contributed by atoms with Crippen molar-refractivity contribution in [1.82, 2.24) is 9.62 Å². The van der Waals surface area contributed by atoms with Gasteiger partial charge in [-0.05, 0) is 54.2 Å². The van der Waals surface area contributed by atoms with Crippen LogP contribution in [0, 0.1) is 0 Å². The second-order valence-electron chi connectivity index (χ2n) is 8.61. The maximum absolute atomic E-state index is 13.0. The SMILES string of the molecule is CC(C)(C)c1ccccc1OCCNC(=O)C1CCCN1S(=O)(=O)c1ccc(Cl)cc1. The van der Waals surface area contributed by atoms with Gasteiger partial charge in [0.2, 0.25) is 15.9 Å². The zero-order valence-electron chi connectivity index (χ0n) is 18.1. The Labute approximate surface area is 189 Å². The molecule has 0 aliphatic carbocycles. The highest BCUT2D eigenvalue weighted by atomic mass is 35.5. The summed E-state index contributed by atoms with van der Waals surface area (Å²) in [6.07, 6.45) is 1.13. The number of carbonyl (C=O) groups excluding carboxylic acids is 1. The van der Waals surface area contributed by atoms with Gasteiger partial charge in [0.1, 0.15) is 18.4 Å². The number of ether oxygens (including phenoxy) is 1. The van der Waals surface area contributed by atoms with E-state index < -0.39 is 16.1 Å². The lowest BCUT2D eigenvalue weighted by atomic mass is 9.86. The van der Waals surface area contributed by atoms with Crippen molar-refractivity contribution in [2.75, 3.05) is 19.7 Å². The number of halogens is 1. The lowest BCUT2D eigenvalue weighted by molar-refractivity contribution is -0.124. The number of hydrogen-bond acceptors (Lipinski definition) is 4. The standard InChI is InChI=1S/C23H29ClN2O4S/c1-23(2,3)19-7-4-5-9-21(19)30-16-14-25-22(27)20-8-6-15-26(20)31(28,29)18-12-10-17(24)11-13-18/h4-5,7,9-13,20H,6,8,14-16H2,1-3H3,(H,25,27). The Hall–Kier alpha value is -2.09. The normalized spacial score (nSPS) is 17.5. The van der Waals surface area contributed by atoms with Crippen LogP contribution in [0.25, 0.3) is 0 Å². The molecule has 0 aromatic heterocycles. The molecule has 168 valence electrons. The second kappa shape index (κ2) is 9.59. The Kier molecular flexibility index (Phi) is 7.29. The first kappa shape index (κ1) is 23.6. The van der Waals surface area contributed by atoms with Gasteiger partial charge < -0.3 is 10.1 Å². The van der Waals surface area contributed by atoms with Crippen molar-refractivity contribution in [3.8, 4) is 5.75 Å². The van der Waals surface area contributed by atoms with Crippen LogP contribution in [-0.4, -0.2) is 44.4 Å². The van der Waals surface area contributed by atoms with Crippen molar-refractivity contribution >= 4 is 27.5 Å². The molecule has 1 N–H and O–H groups in total. The van der Waals surface area contributed by atoms with Crippen LogP contribution in [0.4, 0.5) is 0 Å². The zero-order chi connectivity index (χ0) is 22.6. The van der Waals surface area contributed by atoms with Crippen LogP contribution in [0.3, 0.4) is 0 Å². The summed E-state index contributed by atoms with van der Waals surface area (Å²) in [5.74, 6) is 0.486. The summed E-state index contributed by atoms with van der Waals surface area (Å²) < 4.78 is 33.1. The van der Waals surface area contributed by atoms with E-state index in [1.54, 1.807) is 0 Å². The highest BCUT2D eigenvalue weighted by Crippen LogP contribution is 2.31. The third-order valence-electron chi connectivity index (χ3n) is 5.28. The summed E-state index contributed by atoms with van der Waals surface area (Å²) in [6.45, 7) is 7.27. The minimum atomic E-state index is -3.76. The van der Waals surface area contributed by atoms with Crippen molar-refractivity contribution in [1.29, 1.82) is 0 Å². The Morgan fingerprint density at radius 2 is 1.84 bits per heavy atom. The number of hydrogen-bond donors (Lipinski definition) is 1. The highest BCUT2D eigenvalue weighted by molar-refractivity contribution is 7.89. The van der Waals surface area contributed by atoms with Crippen LogP contribution in [0.2, 0.25) is 5.02 Å². The van der Waals surface area contributed by atoms with Gasteiger partial charge in [-0.3, -0.25) is 4.79 Å². The molecular formula is C23H29ClN2O4S. The van der Waals surface area contributed by atoms with Gasteiger partial charge in [0.15, 0.2) is 0 Å². The minimum Gasteiger partial charge on any atom is -0.491 e. The largest absolute Gasteiger partial charge is 0.491 e. The quantitative estimate of drug-likeness (QED) is 0.629. The Morgan fingerprint density at radius 3 is 2.52 bits per heavy atom. The molecule has 1 aliphatic heterocycles. The van der Waals surface area contributed by atoms with E-state index in [2.05, 4.69) is 26.1 Å². The van der Waals surface area contributed by atoms with Gasteiger partial charge >= 0.3 is 0 Å². The zero-order valence-corrected chi connectivity index (χ0v) is 19.7. The average molecular weight is 465 g/mol. The first-order valence-corrected chi connectivity index (χ1v) is 12.2. The summed E-state index contributed by atoms with van der Waals surface area (Å²) in [7, 11) is -3.76. The van der Waals surface area contributed by atoms with Crippen molar-refractivity contribution in [3.05, 3.63) is 59.1 Å². The van der Waals surface area contributed by atoms with E-state index in [0.717, 1.165) is 11.3 Å². The molecule has 31 heavy (non-hydrogen) atoms. The van der Waals surface area contributed by atoms with Gasteiger partial charge in [-0.15, -0.1) is 0 Å². The molecule has 6 nitrogen and oxygen atoms in total. The topological polar surface area (TPSA) is 75.7 Å². The predicted molar refractivity (Wildman–Crippen MR) is 122 cm³/mol. The molecule has 1 fully saturated rings. The molecule has 1 aliphatic rings. The summed E-state index contributed by atoms with van der Waals surface area (Å²) in [5.41, 5.74) is 1.04. The number of para-hydroxylation sites is 1. The lowest BCUT2D eigenvalue weighted by Gasteiger charge is -2.24. The molecular weight excluding hydrogens is 436 g/mol. The summed E-state index contributed by atoms with van der Waals surface area (Å²) in [5, 5.41) is 3.29. The molecule has 1 unspecified atom stereocenters. The third kappa shape index (κ3) is 5.59. The average Bonchev–Trinajstić information content (AvgIpc) is 3.22. The number of benzene rings is 2. The first-order valence-electron chi connectivity index (χ1n) is 10.4. The van der Waals surface area contributed by atoms with Crippen molar-refractivity contribution < 1.29 is 17.9 Å². The second-order valence-corrected chi connectivity index (χ2v) is 10.9. The molecule has 0 radical (unpaired) electrons. The van der Waals surface area contributed by atoms with Crippen molar-refractivity contribution in [2.45, 2.75) is 50.0 Å². The van der Waals surface area contributed by atoms with Crippen molar-refractivity contribution in [2.24, 2.45) is 0 Å². The van der Waals surface area contributed by atoms with Crippen LogP contribution in [-0.2, 0) is 20.2 Å². The predicted octanol–water partition coefficient (Wildman–Crippen LogP) is 3.99. The molecule has 1 heterocycles. The molecule has 1 saturated heterocycles. The van der Waals surface area contributed by atoms with Gasteiger partial charge in [0.25, 0.3) is 0 Å². The van der Waals surface area contributed by atoms with E-state index >= 15 is 0 Å². The van der Waals surface area contributed by atoms with E-state index in [1.807, 2.05) is 24.3 Å². The maximum Gasteiger partial charge on any atom is 0.243 e. The molecule has 2 aromatic rings. The summed E-state index contributed by atoms with van der Waals surface area (Å²) in [6, 6.07) is 13.1. The van der Waals surface area contributed by atoms with Crippen LogP contribution >= 0.6 is 11.6 Å². The van der Waals surface area contributed by atoms with Crippen molar-refractivity contribution in [3.63, 3.8) is 0 Å². The number of nitrogens with one attached hydrogen (secondary N) is 1. The molecule has 0 spiro atoms. The van der Waals surface area contributed by atoms with Gasteiger partial charge in [-0.2, -0.15) is 4.31 Å². The van der Waals surface area contributed by atoms with Crippen LogP contribution in [0.1, 0.15) is 39.2 Å². The van der Waals surface area contributed by atoms with E-state index in [-0.39, 0.29) is 16.2 Å². The number of carbonyl (C=O) groups is 1. The van der Waals surface area contributed by atoms with Crippen LogP contribution in [0.5, 0.6) is 5.75 Å². The van der Waals surface area contributed by atoms with Gasteiger partial charge in [-0.25, -0.2) is 8.42 Å². The third-order valence-corrected chi connectivity index (χ3v) is 7.45. The molecule has 1 atom stereocenters. The first-order chi connectivity index (χ1) is 14.6. The molecule has 1 amide bonds. The van der Waals surface area contributed by atoms with Crippen LogP contribution < -0.4 is 10.1 Å². The molecule has 2 aromatic carbocycles. The fourth-order valence-electron chi connectivity index (χ4n) is 3.70. The monoisotopic (exact) mass is 464 g/mol. The number of rotatable bonds is 7. The Bertz CT molecular complexity index is 1020. The molecule has 8 heteroatoms. The smallest absolute Gasteiger partial charge is 0.243 e. The Morgan fingerprint density at radius 1 is 1.16 bits per heavy atom. The van der Waals surface area contributed by atoms with E-state index in [0.29, 0.717) is 37.6 Å². The number of nitrogens with zero attached hydrogens (tertiary/aromatic N) is 1. The molecule has 0 bridgehead atoms. The Balaban J connectivity index is 1.59. The minimum absolute atomic E-state index is 0.0553. The van der Waals surface area contributed by atoms with Gasteiger partial charge in [0, 0.05) is 11.6 Å². The summed E-state index contributed by atoms with van der Waals surface area (Å²) in [4.78, 5) is 12.9. The van der Waals surface area contributed by atoms with Crippen LogP contribution in [0.15, 0.2) is 53.4 Å². The summed E-state index contributed by atoms with van der Waals surface area (Å²) >= 11 is 5.87. The van der Waals surface area contributed by atoms with Gasteiger partial charge in [0.05, 0.1) is 11.4 Å². The molecule has 3 rings (SSSR count). The fraction of sp³-hybridized carbons (Fsp3) is 0.435. The highest BCUT2D eigenvalue weighted by Gasteiger charge is 2.39. The fourth-order valence-corrected chi connectivity index (χ4v) is 5.48. The molecule has 0 saturated carbocycles. The van der Waals surface area contributed by atoms with Gasteiger partial charge in [-0.1, -0.05) is 50.6 Å².